The van der Waals surface area contributed by atoms with Crippen molar-refractivity contribution in [1.82, 2.24) is 19.2 Å². The molecule has 1 aromatic carbocycles. The fourth-order valence-corrected chi connectivity index (χ4v) is 5.64. The van der Waals surface area contributed by atoms with Crippen molar-refractivity contribution in [2.45, 2.75) is 43.2 Å². The maximum atomic E-state index is 12.8. The van der Waals surface area contributed by atoms with Crippen LogP contribution in [0.2, 0.25) is 0 Å². The Morgan fingerprint density at radius 2 is 1.93 bits per heavy atom. The lowest BCUT2D eigenvalue weighted by Gasteiger charge is -2.32. The van der Waals surface area contributed by atoms with E-state index in [0.29, 0.717) is 25.9 Å². The van der Waals surface area contributed by atoms with E-state index in [0.717, 1.165) is 19.3 Å². The second kappa shape index (κ2) is 7.67. The Kier molecular flexibility index (Phi) is 5.25. The maximum Gasteiger partial charge on any atom is 0.262 e. The summed E-state index contributed by atoms with van der Waals surface area (Å²) < 4.78 is 28.4. The van der Waals surface area contributed by atoms with Crippen LogP contribution in [0.15, 0.2) is 41.8 Å². The smallest absolute Gasteiger partial charge is 0.262 e. The topological polar surface area (TPSA) is 84.3 Å². The molecule has 0 unspecified atom stereocenters. The third-order valence-electron chi connectivity index (χ3n) is 5.80. The number of carbonyl (C=O) groups excluding carboxylic acids is 1. The van der Waals surface area contributed by atoms with E-state index < -0.39 is 10.0 Å². The first-order valence-corrected chi connectivity index (χ1v) is 11.3. The summed E-state index contributed by atoms with van der Waals surface area (Å²) in [6.07, 6.45) is 7.15. The van der Waals surface area contributed by atoms with Crippen molar-refractivity contribution in [3.8, 4) is 0 Å². The standard InChI is InChI=1S/C20H26N4O3S/c1-23-13-19(21-14-23)28(26,27)24-11-9-16(10-12-24)20(25)22-18-8-4-6-15-5-2-3-7-17(15)18/h2-3,5,7,13-14,16,18H,4,6,8-12H2,1H3,(H,22,25)/t18-/m0/s1. The summed E-state index contributed by atoms with van der Waals surface area (Å²) in [6, 6.07) is 8.36. The van der Waals surface area contributed by atoms with E-state index in [1.807, 2.05) is 12.1 Å². The SMILES string of the molecule is Cn1cnc(S(=O)(=O)N2CCC(C(=O)N[C@H]3CCCc4ccccc43)CC2)c1. The van der Waals surface area contributed by atoms with E-state index in [4.69, 9.17) is 0 Å². The lowest BCUT2D eigenvalue weighted by molar-refractivity contribution is -0.127. The minimum atomic E-state index is -3.59. The molecule has 2 aliphatic rings. The molecular formula is C20H26N4O3S. The van der Waals surface area contributed by atoms with Gasteiger partial charge in [0.15, 0.2) is 5.03 Å². The largest absolute Gasteiger partial charge is 0.349 e. The predicted molar refractivity (Wildman–Crippen MR) is 105 cm³/mol. The van der Waals surface area contributed by atoms with Gasteiger partial charge in [-0.15, -0.1) is 0 Å². The van der Waals surface area contributed by atoms with Crippen LogP contribution in [0.25, 0.3) is 0 Å². The molecule has 2 aromatic rings. The van der Waals surface area contributed by atoms with E-state index in [-0.39, 0.29) is 22.9 Å². The molecule has 1 aliphatic heterocycles. The normalized spacial score (nSPS) is 21.2. The minimum absolute atomic E-state index is 0.0385. The van der Waals surface area contributed by atoms with E-state index >= 15 is 0 Å². The predicted octanol–water partition coefficient (Wildman–Crippen LogP) is 2.01. The molecule has 0 bridgehead atoms. The average molecular weight is 403 g/mol. The van der Waals surface area contributed by atoms with Crippen LogP contribution in [0.3, 0.4) is 0 Å². The molecule has 0 radical (unpaired) electrons. The van der Waals surface area contributed by atoms with E-state index in [1.165, 1.54) is 28.0 Å². The first-order valence-electron chi connectivity index (χ1n) is 9.81. The first-order chi connectivity index (χ1) is 13.4. The van der Waals surface area contributed by atoms with E-state index in [1.54, 1.807) is 11.6 Å². The Labute approximate surface area is 165 Å². The monoisotopic (exact) mass is 402 g/mol. The van der Waals surface area contributed by atoms with Crippen molar-refractivity contribution in [2.24, 2.45) is 13.0 Å². The Morgan fingerprint density at radius 1 is 1.18 bits per heavy atom. The highest BCUT2D eigenvalue weighted by Gasteiger charge is 2.34. The van der Waals surface area contributed by atoms with E-state index in [9.17, 15) is 13.2 Å². The number of sulfonamides is 1. The number of hydrogen-bond donors (Lipinski definition) is 1. The number of imidazole rings is 1. The number of nitrogens with one attached hydrogen (secondary N) is 1. The van der Waals surface area contributed by atoms with Gasteiger partial charge in [-0.05, 0) is 43.2 Å². The molecular weight excluding hydrogens is 376 g/mol. The Balaban J connectivity index is 1.37. The summed E-state index contributed by atoms with van der Waals surface area (Å²) in [5.74, 6) is -0.110. The number of fused-ring (bicyclic) bond motifs is 1. The number of aromatic nitrogens is 2. The molecule has 1 aromatic heterocycles. The maximum absolute atomic E-state index is 12.8. The van der Waals surface area contributed by atoms with Gasteiger partial charge in [-0.2, -0.15) is 4.31 Å². The van der Waals surface area contributed by atoms with Crippen molar-refractivity contribution in [2.75, 3.05) is 13.1 Å². The second-order valence-electron chi connectivity index (χ2n) is 7.71. The summed E-state index contributed by atoms with van der Waals surface area (Å²) in [5, 5.41) is 3.28. The van der Waals surface area contributed by atoms with Crippen LogP contribution in [0.5, 0.6) is 0 Å². The van der Waals surface area contributed by atoms with Crippen LogP contribution in [0.4, 0.5) is 0 Å². The van der Waals surface area contributed by atoms with Gasteiger partial charge in [0.25, 0.3) is 10.0 Å². The van der Waals surface area contributed by atoms with Gasteiger partial charge in [-0.25, -0.2) is 13.4 Å². The minimum Gasteiger partial charge on any atom is -0.349 e. The van der Waals surface area contributed by atoms with Gasteiger partial charge < -0.3 is 9.88 Å². The zero-order chi connectivity index (χ0) is 19.7. The number of aryl methyl sites for hydroxylation is 2. The van der Waals surface area contributed by atoms with Gasteiger partial charge in [0, 0.05) is 32.3 Å². The third-order valence-corrected chi connectivity index (χ3v) is 7.58. The van der Waals surface area contributed by atoms with Crippen LogP contribution in [-0.2, 0) is 28.3 Å². The van der Waals surface area contributed by atoms with Crippen LogP contribution in [0, 0.1) is 5.92 Å². The Morgan fingerprint density at radius 3 is 2.64 bits per heavy atom. The van der Waals surface area contributed by atoms with Crippen LogP contribution in [0.1, 0.15) is 42.9 Å². The molecule has 1 saturated heterocycles. The number of amides is 1. The highest BCUT2D eigenvalue weighted by Crippen LogP contribution is 2.30. The quantitative estimate of drug-likeness (QED) is 0.848. The fourth-order valence-electron chi connectivity index (χ4n) is 4.21. The molecule has 1 fully saturated rings. The number of piperidine rings is 1. The number of hydrogen-bond acceptors (Lipinski definition) is 4. The second-order valence-corrected chi connectivity index (χ2v) is 9.59. The first kappa shape index (κ1) is 19.1. The van der Waals surface area contributed by atoms with Gasteiger partial charge in [0.1, 0.15) is 0 Å². The fraction of sp³-hybridized carbons (Fsp3) is 0.500. The summed E-state index contributed by atoms with van der Waals surface area (Å²) in [6.45, 7) is 0.691. The highest BCUT2D eigenvalue weighted by atomic mass is 32.2. The highest BCUT2D eigenvalue weighted by molar-refractivity contribution is 7.89. The van der Waals surface area contributed by atoms with Crippen LogP contribution in [-0.4, -0.2) is 41.3 Å². The number of benzene rings is 1. The molecule has 0 saturated carbocycles. The summed E-state index contributed by atoms with van der Waals surface area (Å²) >= 11 is 0. The molecule has 2 heterocycles. The van der Waals surface area contributed by atoms with Gasteiger partial charge in [-0.3, -0.25) is 4.79 Å². The molecule has 1 atom stereocenters. The van der Waals surface area contributed by atoms with Gasteiger partial charge in [0.2, 0.25) is 5.91 Å². The zero-order valence-corrected chi connectivity index (χ0v) is 16.9. The lowest BCUT2D eigenvalue weighted by Crippen LogP contribution is -2.44. The lowest BCUT2D eigenvalue weighted by atomic mass is 9.87. The molecule has 1 amide bonds. The van der Waals surface area contributed by atoms with Crippen molar-refractivity contribution in [3.63, 3.8) is 0 Å². The molecule has 1 aliphatic carbocycles. The molecule has 28 heavy (non-hydrogen) atoms. The molecule has 7 nitrogen and oxygen atoms in total. The van der Waals surface area contributed by atoms with Gasteiger partial charge in [-0.1, -0.05) is 24.3 Å². The average Bonchev–Trinajstić information content (AvgIpc) is 3.15. The molecule has 0 spiro atoms. The zero-order valence-electron chi connectivity index (χ0n) is 16.0. The summed E-state index contributed by atoms with van der Waals surface area (Å²) in [4.78, 5) is 16.8. The van der Waals surface area contributed by atoms with Crippen molar-refractivity contribution in [3.05, 3.63) is 47.9 Å². The number of nitrogens with zero attached hydrogens (tertiary/aromatic N) is 3. The van der Waals surface area contributed by atoms with E-state index in [2.05, 4.69) is 22.4 Å². The third kappa shape index (κ3) is 3.71. The number of carbonyl (C=O) groups is 1. The Bertz CT molecular complexity index is 961. The molecule has 8 heteroatoms. The van der Waals surface area contributed by atoms with Crippen molar-refractivity contribution >= 4 is 15.9 Å². The van der Waals surface area contributed by atoms with Gasteiger partial charge in [0.05, 0.1) is 12.4 Å². The van der Waals surface area contributed by atoms with Crippen molar-refractivity contribution in [1.29, 1.82) is 0 Å². The number of rotatable bonds is 4. The van der Waals surface area contributed by atoms with Crippen LogP contribution < -0.4 is 5.32 Å². The van der Waals surface area contributed by atoms with Gasteiger partial charge >= 0.3 is 0 Å². The molecule has 1 N–H and O–H groups in total. The summed E-state index contributed by atoms with van der Waals surface area (Å²) in [5.41, 5.74) is 2.53. The van der Waals surface area contributed by atoms with Crippen LogP contribution >= 0.6 is 0 Å². The summed E-state index contributed by atoms with van der Waals surface area (Å²) in [7, 11) is -1.85. The molecule has 4 rings (SSSR count). The van der Waals surface area contributed by atoms with Crippen molar-refractivity contribution < 1.29 is 13.2 Å². The molecule has 150 valence electrons. The Hall–Kier alpha value is -2.19.